The number of esters is 3. The number of unbranched alkanes of at least 4 members (excludes halogenated alkanes) is 30. The van der Waals surface area contributed by atoms with Gasteiger partial charge in [0.05, 0.1) is 0 Å². The van der Waals surface area contributed by atoms with Crippen LogP contribution >= 0.6 is 0 Å². The second kappa shape index (κ2) is 68.3. The molecule has 0 fully saturated rings. The van der Waals surface area contributed by atoms with Crippen LogP contribution in [0.4, 0.5) is 0 Å². The first kappa shape index (κ1) is 76.8. The highest BCUT2D eigenvalue weighted by Gasteiger charge is 2.19. The number of hydrogen-bond donors (Lipinski definition) is 0. The second-order valence-electron chi connectivity index (χ2n) is 22.3. The van der Waals surface area contributed by atoms with Gasteiger partial charge in [0.15, 0.2) is 6.10 Å². The van der Waals surface area contributed by atoms with Crippen LogP contribution in [0, 0.1) is 0 Å². The fourth-order valence-electron chi connectivity index (χ4n) is 9.41. The lowest BCUT2D eigenvalue weighted by molar-refractivity contribution is -0.167. The highest BCUT2D eigenvalue weighted by molar-refractivity contribution is 5.71. The van der Waals surface area contributed by atoms with Crippen LogP contribution < -0.4 is 0 Å². The Hall–Kier alpha value is -4.19. The Labute approximate surface area is 501 Å². The van der Waals surface area contributed by atoms with E-state index in [0.717, 1.165) is 116 Å². The van der Waals surface area contributed by atoms with Crippen molar-refractivity contribution in [2.24, 2.45) is 0 Å². The predicted molar refractivity (Wildman–Crippen MR) is 353 cm³/mol. The normalized spacial score (nSPS) is 12.9. The average molecular weight is 1120 g/mol. The maximum atomic E-state index is 12.9. The van der Waals surface area contributed by atoms with Gasteiger partial charge >= 0.3 is 17.9 Å². The van der Waals surface area contributed by atoms with Gasteiger partial charge in [0.1, 0.15) is 13.2 Å². The third-order valence-electron chi connectivity index (χ3n) is 14.4. The van der Waals surface area contributed by atoms with Crippen LogP contribution in [0.2, 0.25) is 0 Å². The number of ether oxygens (including phenoxy) is 3. The van der Waals surface area contributed by atoms with E-state index >= 15 is 0 Å². The summed E-state index contributed by atoms with van der Waals surface area (Å²) in [5, 5.41) is 0. The van der Waals surface area contributed by atoms with E-state index in [2.05, 4.69) is 142 Å². The molecule has 1 unspecified atom stereocenters. The van der Waals surface area contributed by atoms with Crippen molar-refractivity contribution in [3.63, 3.8) is 0 Å². The lowest BCUT2D eigenvalue weighted by atomic mass is 10.0. The van der Waals surface area contributed by atoms with Gasteiger partial charge in [-0.2, -0.15) is 0 Å². The van der Waals surface area contributed by atoms with Crippen LogP contribution in [0.25, 0.3) is 0 Å². The van der Waals surface area contributed by atoms with Gasteiger partial charge in [0, 0.05) is 19.3 Å². The van der Waals surface area contributed by atoms with Gasteiger partial charge in [-0.3, -0.25) is 14.4 Å². The van der Waals surface area contributed by atoms with E-state index in [1.165, 1.54) is 154 Å². The molecule has 0 heterocycles. The fourth-order valence-corrected chi connectivity index (χ4v) is 9.41. The first-order valence-corrected chi connectivity index (χ1v) is 34.0. The molecule has 1 atom stereocenters. The summed E-state index contributed by atoms with van der Waals surface area (Å²) >= 11 is 0. The predicted octanol–water partition coefficient (Wildman–Crippen LogP) is 23.6. The maximum absolute atomic E-state index is 12.9. The lowest BCUT2D eigenvalue weighted by Gasteiger charge is -2.18. The first-order chi connectivity index (χ1) is 40.0. The highest BCUT2D eigenvalue weighted by atomic mass is 16.6. The van der Waals surface area contributed by atoms with Gasteiger partial charge in [0.25, 0.3) is 0 Å². The fraction of sp³-hybridized carbons (Fsp3) is 0.693. The Morgan fingerprint density at radius 2 is 0.494 bits per heavy atom. The van der Waals surface area contributed by atoms with Gasteiger partial charge in [-0.15, -0.1) is 0 Å². The molecule has 0 spiro atoms. The van der Waals surface area contributed by atoms with Crippen molar-refractivity contribution < 1.29 is 28.6 Å². The second-order valence-corrected chi connectivity index (χ2v) is 22.3. The zero-order valence-electron chi connectivity index (χ0n) is 53.0. The van der Waals surface area contributed by atoms with Gasteiger partial charge in [-0.05, 0) is 122 Å². The Balaban J connectivity index is 4.21. The summed E-state index contributed by atoms with van der Waals surface area (Å²) in [6, 6.07) is 0. The molecule has 6 heteroatoms. The van der Waals surface area contributed by atoms with E-state index in [1.54, 1.807) is 0 Å². The minimum Gasteiger partial charge on any atom is -0.462 e. The van der Waals surface area contributed by atoms with Crippen molar-refractivity contribution in [3.8, 4) is 0 Å². The molecule has 0 bridgehead atoms. The summed E-state index contributed by atoms with van der Waals surface area (Å²) in [5.41, 5.74) is 0. The van der Waals surface area contributed by atoms with Crippen molar-refractivity contribution in [2.75, 3.05) is 13.2 Å². The van der Waals surface area contributed by atoms with Gasteiger partial charge in [-0.25, -0.2) is 0 Å². The molecule has 0 aromatic carbocycles. The first-order valence-electron chi connectivity index (χ1n) is 34.0. The molecular weight excluding hydrogens is 997 g/mol. The number of hydrogen-bond acceptors (Lipinski definition) is 6. The topological polar surface area (TPSA) is 78.9 Å². The van der Waals surface area contributed by atoms with Gasteiger partial charge < -0.3 is 14.2 Å². The molecule has 81 heavy (non-hydrogen) atoms. The van der Waals surface area contributed by atoms with Crippen LogP contribution in [-0.2, 0) is 28.6 Å². The molecule has 0 aliphatic rings. The van der Waals surface area contributed by atoms with Crippen molar-refractivity contribution in [2.45, 2.75) is 322 Å². The zero-order valence-corrected chi connectivity index (χ0v) is 53.0. The minimum atomic E-state index is -0.812. The van der Waals surface area contributed by atoms with Crippen LogP contribution in [-0.4, -0.2) is 37.2 Å². The molecule has 0 aliphatic carbocycles. The summed E-state index contributed by atoms with van der Waals surface area (Å²) in [6.07, 6.45) is 95.3. The van der Waals surface area contributed by atoms with E-state index in [9.17, 15) is 14.4 Å². The summed E-state index contributed by atoms with van der Waals surface area (Å²) in [7, 11) is 0. The minimum absolute atomic E-state index is 0.102. The quantitative estimate of drug-likeness (QED) is 0.0261. The van der Waals surface area contributed by atoms with Crippen molar-refractivity contribution in [1.82, 2.24) is 0 Å². The molecule has 0 amide bonds. The highest BCUT2D eigenvalue weighted by Crippen LogP contribution is 2.17. The number of allylic oxidation sites excluding steroid dienone is 20. The Bertz CT molecular complexity index is 1670. The van der Waals surface area contributed by atoms with E-state index in [-0.39, 0.29) is 37.5 Å². The number of rotatable bonds is 61. The molecule has 0 aliphatic heterocycles. The van der Waals surface area contributed by atoms with Crippen molar-refractivity contribution >= 4 is 17.9 Å². The number of carbonyl (C=O) groups excluding carboxylic acids is 3. The van der Waals surface area contributed by atoms with Gasteiger partial charge in [0.2, 0.25) is 0 Å². The summed E-state index contributed by atoms with van der Waals surface area (Å²) in [4.78, 5) is 38.3. The average Bonchev–Trinajstić information content (AvgIpc) is 3.46. The van der Waals surface area contributed by atoms with Crippen LogP contribution in [0.3, 0.4) is 0 Å². The summed E-state index contributed by atoms with van der Waals surface area (Å²) in [6.45, 7) is 6.37. The van der Waals surface area contributed by atoms with Gasteiger partial charge in [-0.1, -0.05) is 296 Å². The van der Waals surface area contributed by atoms with Crippen LogP contribution in [0.15, 0.2) is 122 Å². The molecule has 0 aromatic rings. The monoisotopic (exact) mass is 1120 g/mol. The molecular formula is C75H126O6. The molecule has 0 radical (unpaired) electrons. The standard InChI is InChI=1S/C75H126O6/c1-4-7-10-13-16-19-22-25-27-29-30-31-32-33-34-35-36-37-38-39-40-41-42-43-44-46-47-50-53-56-59-62-65-68-74(77)80-71-72(70-79-73(76)67-64-61-58-55-52-49-24-21-18-15-12-9-6-3)81-75(78)69-66-63-60-57-54-51-48-45-28-26-23-20-17-14-11-8-5-2/h7-8,10-11,16-17,19-21,24-28,30-31,48,51,57,60,72H,4-6,9,12-15,18,22-23,29,32-47,49-50,52-56,58-59,61-71H2,1-3H3/b10-7-,11-8-,19-16-,20-17-,24-21-,27-25-,28-26-,31-30-,51-48-,60-57-. The Morgan fingerprint density at radius 3 is 0.802 bits per heavy atom. The molecule has 0 saturated carbocycles. The van der Waals surface area contributed by atoms with E-state index in [0.29, 0.717) is 19.3 Å². The van der Waals surface area contributed by atoms with E-state index in [1.807, 2.05) is 0 Å². The Kier molecular flexibility index (Phi) is 64.8. The molecule has 0 rings (SSSR count). The van der Waals surface area contributed by atoms with E-state index in [4.69, 9.17) is 14.2 Å². The lowest BCUT2D eigenvalue weighted by Crippen LogP contribution is -2.30. The molecule has 0 saturated heterocycles. The maximum Gasteiger partial charge on any atom is 0.306 e. The number of carbonyl (C=O) groups is 3. The van der Waals surface area contributed by atoms with Crippen molar-refractivity contribution in [3.05, 3.63) is 122 Å². The molecule has 6 nitrogen and oxygen atoms in total. The van der Waals surface area contributed by atoms with Crippen LogP contribution in [0.1, 0.15) is 316 Å². The zero-order chi connectivity index (χ0) is 58.5. The molecule has 0 N–H and O–H groups in total. The van der Waals surface area contributed by atoms with E-state index < -0.39 is 6.10 Å². The van der Waals surface area contributed by atoms with Crippen molar-refractivity contribution in [1.29, 1.82) is 0 Å². The molecule has 0 aromatic heterocycles. The summed E-state index contributed by atoms with van der Waals surface area (Å²) in [5.74, 6) is -0.961. The Morgan fingerprint density at radius 1 is 0.259 bits per heavy atom. The third kappa shape index (κ3) is 66.5. The SMILES string of the molecule is CC/C=C\C/C=C\C/C=C\C/C=C\C/C=C\CCCC(=O)OC(COC(=O)CCCCCCC/C=C\CCCCCC)COC(=O)CCCCCCCCCCCCCCCCCCCCCC/C=C\C/C=C\C/C=C\C/C=C\CC. The molecule has 462 valence electrons. The van der Waals surface area contributed by atoms with Crippen LogP contribution in [0.5, 0.6) is 0 Å². The summed E-state index contributed by atoms with van der Waals surface area (Å²) < 4.78 is 16.9. The largest absolute Gasteiger partial charge is 0.462 e. The smallest absolute Gasteiger partial charge is 0.306 e. The third-order valence-corrected chi connectivity index (χ3v) is 14.4.